The van der Waals surface area contributed by atoms with Crippen LogP contribution in [-0.2, 0) is 0 Å². The van der Waals surface area contributed by atoms with Crippen molar-refractivity contribution in [3.63, 3.8) is 0 Å². The second kappa shape index (κ2) is 6.25. The molecule has 1 aromatic carbocycles. The molecule has 5 heteroatoms. The van der Waals surface area contributed by atoms with Gasteiger partial charge in [0.05, 0.1) is 22.7 Å². The Balaban J connectivity index is 2.15. The van der Waals surface area contributed by atoms with Gasteiger partial charge in [0.25, 0.3) is 5.91 Å². The fourth-order valence-corrected chi connectivity index (χ4v) is 3.29. The van der Waals surface area contributed by atoms with E-state index >= 15 is 0 Å². The maximum Gasteiger partial charge on any atom is 0.253 e. The maximum atomic E-state index is 12.3. The van der Waals surface area contributed by atoms with Gasteiger partial charge >= 0.3 is 0 Å². The molecule has 0 heterocycles. The molecular formula is C14H17BrClNO2. The van der Waals surface area contributed by atoms with Crippen LogP contribution in [-0.4, -0.2) is 23.2 Å². The van der Waals surface area contributed by atoms with Crippen molar-refractivity contribution in [3.8, 4) is 0 Å². The highest BCUT2D eigenvalue weighted by Crippen LogP contribution is 2.29. The number of carbonyl (C=O) groups is 1. The molecule has 2 rings (SSSR count). The minimum Gasteiger partial charge on any atom is -0.394 e. The van der Waals surface area contributed by atoms with Gasteiger partial charge < -0.3 is 10.4 Å². The molecule has 1 aliphatic carbocycles. The molecule has 104 valence electrons. The summed E-state index contributed by atoms with van der Waals surface area (Å²) >= 11 is 9.39. The van der Waals surface area contributed by atoms with Crippen LogP contribution in [0.1, 0.15) is 42.5 Å². The molecule has 0 saturated heterocycles. The summed E-state index contributed by atoms with van der Waals surface area (Å²) in [6, 6.07) is 5.17. The van der Waals surface area contributed by atoms with E-state index in [4.69, 9.17) is 11.6 Å². The molecule has 19 heavy (non-hydrogen) atoms. The van der Waals surface area contributed by atoms with Crippen molar-refractivity contribution in [2.24, 2.45) is 0 Å². The summed E-state index contributed by atoms with van der Waals surface area (Å²) in [4.78, 5) is 12.3. The zero-order valence-electron chi connectivity index (χ0n) is 10.6. The van der Waals surface area contributed by atoms with Gasteiger partial charge in [0, 0.05) is 4.47 Å². The second-order valence-corrected chi connectivity index (χ2v) is 6.40. The molecule has 0 aromatic heterocycles. The lowest BCUT2D eigenvalue weighted by atomic mass is 9.82. The van der Waals surface area contributed by atoms with E-state index in [1.54, 1.807) is 18.2 Å². The van der Waals surface area contributed by atoms with Crippen LogP contribution in [0.15, 0.2) is 22.7 Å². The number of amides is 1. The van der Waals surface area contributed by atoms with Crippen molar-refractivity contribution in [1.82, 2.24) is 5.32 Å². The van der Waals surface area contributed by atoms with E-state index in [1.165, 1.54) is 0 Å². The number of rotatable bonds is 3. The summed E-state index contributed by atoms with van der Waals surface area (Å²) in [6.07, 6.45) is 4.88. The first-order valence-electron chi connectivity index (χ1n) is 6.45. The van der Waals surface area contributed by atoms with Gasteiger partial charge in [-0.05, 0) is 31.0 Å². The smallest absolute Gasteiger partial charge is 0.253 e. The number of hydrogen-bond acceptors (Lipinski definition) is 2. The first-order valence-corrected chi connectivity index (χ1v) is 7.62. The molecule has 1 aliphatic rings. The minimum absolute atomic E-state index is 0.0209. The van der Waals surface area contributed by atoms with Gasteiger partial charge in [-0.25, -0.2) is 0 Å². The SMILES string of the molecule is O=C(NC1(CO)CCCCC1)c1ccc(Br)cc1Cl. The van der Waals surface area contributed by atoms with Crippen LogP contribution in [0.4, 0.5) is 0 Å². The Hall–Kier alpha value is -0.580. The third-order valence-electron chi connectivity index (χ3n) is 3.67. The Morgan fingerprint density at radius 3 is 2.63 bits per heavy atom. The normalized spacial score (nSPS) is 18.1. The number of carbonyl (C=O) groups excluding carboxylic acids is 1. The third kappa shape index (κ3) is 3.50. The van der Waals surface area contributed by atoms with E-state index < -0.39 is 5.54 Å². The van der Waals surface area contributed by atoms with E-state index in [1.807, 2.05) is 0 Å². The van der Waals surface area contributed by atoms with Crippen LogP contribution >= 0.6 is 27.5 Å². The number of nitrogens with one attached hydrogen (secondary N) is 1. The molecule has 1 amide bonds. The average Bonchev–Trinajstić information content (AvgIpc) is 2.39. The Morgan fingerprint density at radius 2 is 2.05 bits per heavy atom. The molecule has 1 aromatic rings. The first-order chi connectivity index (χ1) is 9.06. The van der Waals surface area contributed by atoms with E-state index in [0.29, 0.717) is 10.6 Å². The molecule has 1 fully saturated rings. The van der Waals surface area contributed by atoms with Crippen LogP contribution in [0.25, 0.3) is 0 Å². The molecule has 0 aliphatic heterocycles. The van der Waals surface area contributed by atoms with E-state index in [9.17, 15) is 9.90 Å². The third-order valence-corrected chi connectivity index (χ3v) is 4.47. The lowest BCUT2D eigenvalue weighted by molar-refractivity contribution is 0.0759. The largest absolute Gasteiger partial charge is 0.394 e. The number of benzene rings is 1. The summed E-state index contributed by atoms with van der Waals surface area (Å²) in [6.45, 7) is -0.0209. The molecule has 0 unspecified atom stereocenters. The molecular weight excluding hydrogens is 330 g/mol. The number of aliphatic hydroxyl groups is 1. The monoisotopic (exact) mass is 345 g/mol. The van der Waals surface area contributed by atoms with E-state index in [-0.39, 0.29) is 12.5 Å². The molecule has 0 bridgehead atoms. The summed E-state index contributed by atoms with van der Waals surface area (Å²) in [5.41, 5.74) is -0.0330. The minimum atomic E-state index is -0.480. The average molecular weight is 347 g/mol. The fourth-order valence-electron chi connectivity index (χ4n) is 2.53. The molecule has 0 radical (unpaired) electrons. The quantitative estimate of drug-likeness (QED) is 0.879. The zero-order valence-corrected chi connectivity index (χ0v) is 12.9. The number of hydrogen-bond donors (Lipinski definition) is 2. The van der Waals surface area contributed by atoms with Crippen molar-refractivity contribution < 1.29 is 9.90 Å². The fraction of sp³-hybridized carbons (Fsp3) is 0.500. The lowest BCUT2D eigenvalue weighted by Gasteiger charge is -2.36. The van der Waals surface area contributed by atoms with Crippen molar-refractivity contribution in [1.29, 1.82) is 0 Å². The van der Waals surface area contributed by atoms with E-state index in [0.717, 1.165) is 36.6 Å². The van der Waals surface area contributed by atoms with Crippen molar-refractivity contribution in [3.05, 3.63) is 33.3 Å². The van der Waals surface area contributed by atoms with Crippen LogP contribution in [0, 0.1) is 0 Å². The molecule has 1 saturated carbocycles. The van der Waals surface area contributed by atoms with Crippen LogP contribution in [0.2, 0.25) is 5.02 Å². The van der Waals surface area contributed by atoms with E-state index in [2.05, 4.69) is 21.2 Å². The summed E-state index contributed by atoms with van der Waals surface area (Å²) < 4.78 is 0.837. The Bertz CT molecular complexity index is 473. The molecule has 2 N–H and O–H groups in total. The Labute approximate surface area is 126 Å². The van der Waals surface area contributed by atoms with Gasteiger partial charge in [-0.15, -0.1) is 0 Å². The first kappa shape index (κ1) is 14.8. The maximum absolute atomic E-state index is 12.3. The van der Waals surface area contributed by atoms with Crippen LogP contribution < -0.4 is 5.32 Å². The summed E-state index contributed by atoms with van der Waals surface area (Å²) in [5.74, 6) is -0.214. The van der Waals surface area contributed by atoms with Crippen LogP contribution in [0.5, 0.6) is 0 Å². The molecule has 0 atom stereocenters. The second-order valence-electron chi connectivity index (χ2n) is 5.08. The van der Waals surface area contributed by atoms with Gasteiger partial charge in [0.1, 0.15) is 0 Å². The molecule has 3 nitrogen and oxygen atoms in total. The number of aliphatic hydroxyl groups excluding tert-OH is 1. The topological polar surface area (TPSA) is 49.3 Å². The Morgan fingerprint density at radius 1 is 1.37 bits per heavy atom. The highest BCUT2D eigenvalue weighted by Gasteiger charge is 2.33. The van der Waals surface area contributed by atoms with Gasteiger partial charge in [-0.2, -0.15) is 0 Å². The van der Waals surface area contributed by atoms with Gasteiger partial charge in [-0.1, -0.05) is 46.8 Å². The van der Waals surface area contributed by atoms with Crippen molar-refractivity contribution in [2.75, 3.05) is 6.61 Å². The van der Waals surface area contributed by atoms with Gasteiger partial charge in [0.2, 0.25) is 0 Å². The predicted molar refractivity (Wildman–Crippen MR) is 79.5 cm³/mol. The number of halogens is 2. The Kier molecular flexibility index (Phi) is 4.87. The highest BCUT2D eigenvalue weighted by molar-refractivity contribution is 9.10. The molecule has 0 spiro atoms. The van der Waals surface area contributed by atoms with Gasteiger partial charge in [-0.3, -0.25) is 4.79 Å². The standard InChI is InChI=1S/C14H17BrClNO2/c15-10-4-5-11(12(16)8-10)13(19)17-14(9-18)6-2-1-3-7-14/h4-5,8,18H,1-3,6-7,9H2,(H,17,19). The lowest BCUT2D eigenvalue weighted by Crippen LogP contribution is -2.52. The predicted octanol–water partition coefficient (Wildman–Crippen LogP) is 3.53. The van der Waals surface area contributed by atoms with Crippen LogP contribution in [0.3, 0.4) is 0 Å². The van der Waals surface area contributed by atoms with Crippen molar-refractivity contribution in [2.45, 2.75) is 37.6 Å². The van der Waals surface area contributed by atoms with Gasteiger partial charge in [0.15, 0.2) is 0 Å². The highest BCUT2D eigenvalue weighted by atomic mass is 79.9. The van der Waals surface area contributed by atoms with Crippen molar-refractivity contribution >= 4 is 33.4 Å². The summed E-state index contributed by atoms with van der Waals surface area (Å²) in [7, 11) is 0. The summed E-state index contributed by atoms with van der Waals surface area (Å²) in [5, 5.41) is 13.0. The zero-order chi connectivity index (χ0) is 13.9.